The highest BCUT2D eigenvalue weighted by atomic mass is 16.5. The normalized spacial score (nSPS) is 21.9. The number of benzene rings is 1. The van der Waals surface area contributed by atoms with Gasteiger partial charge in [-0.05, 0) is 67.7 Å². The lowest BCUT2D eigenvalue weighted by Gasteiger charge is -2.32. The van der Waals surface area contributed by atoms with Gasteiger partial charge in [0, 0.05) is 13.1 Å². The Hall–Kier alpha value is -2.56. The molecule has 0 bridgehead atoms. The van der Waals surface area contributed by atoms with E-state index >= 15 is 0 Å². The molecule has 3 aromatic rings. The van der Waals surface area contributed by atoms with Gasteiger partial charge in [0.05, 0.1) is 6.20 Å². The van der Waals surface area contributed by atoms with Gasteiger partial charge in [-0.3, -0.25) is 4.40 Å². The molecule has 5 nitrogen and oxygen atoms in total. The number of nitrogens with zero attached hydrogens (tertiary/aromatic N) is 4. The highest BCUT2D eigenvalue weighted by Crippen LogP contribution is 2.41. The van der Waals surface area contributed by atoms with Gasteiger partial charge in [-0.2, -0.15) is 0 Å². The molecule has 2 aromatic heterocycles. The zero-order chi connectivity index (χ0) is 19.6. The first-order valence-corrected chi connectivity index (χ1v) is 11.2. The molecule has 0 spiro atoms. The molecule has 5 rings (SSSR count). The molecule has 152 valence electrons. The molecular formula is C24H30N4O. The lowest BCUT2D eigenvalue weighted by atomic mass is 9.79. The first-order valence-electron chi connectivity index (χ1n) is 11.2. The second-order valence-electron chi connectivity index (χ2n) is 8.44. The molecule has 1 aliphatic heterocycles. The maximum atomic E-state index is 6.53. The van der Waals surface area contributed by atoms with Gasteiger partial charge in [-0.15, -0.1) is 10.2 Å². The van der Waals surface area contributed by atoms with E-state index in [1.54, 1.807) is 0 Å². The summed E-state index contributed by atoms with van der Waals surface area (Å²) in [5, 5.41) is 8.82. The number of aromatic nitrogens is 3. The van der Waals surface area contributed by atoms with Gasteiger partial charge < -0.3 is 9.64 Å². The number of hydrogen-bond donors (Lipinski definition) is 0. The minimum absolute atomic E-state index is 0.117. The lowest BCUT2D eigenvalue weighted by molar-refractivity contribution is 0.174. The Morgan fingerprint density at radius 3 is 2.62 bits per heavy atom. The molecule has 1 aliphatic carbocycles. The molecule has 0 N–H and O–H groups in total. The molecular weight excluding hydrogens is 360 g/mol. The average Bonchev–Trinajstić information content (AvgIpc) is 3.19. The third-order valence-corrected chi connectivity index (χ3v) is 6.47. The number of ether oxygens (including phenoxy) is 1. The summed E-state index contributed by atoms with van der Waals surface area (Å²) in [5.74, 6) is 2.50. The number of piperidine rings is 1. The third-order valence-electron chi connectivity index (χ3n) is 6.47. The van der Waals surface area contributed by atoms with Crippen molar-refractivity contribution in [2.75, 3.05) is 18.0 Å². The summed E-state index contributed by atoms with van der Waals surface area (Å²) < 4.78 is 8.63. The van der Waals surface area contributed by atoms with Gasteiger partial charge in [-0.1, -0.05) is 37.6 Å². The van der Waals surface area contributed by atoms with Crippen LogP contribution in [0.15, 0.2) is 42.6 Å². The van der Waals surface area contributed by atoms with Crippen molar-refractivity contribution >= 4 is 11.6 Å². The zero-order valence-electron chi connectivity index (χ0n) is 17.3. The maximum absolute atomic E-state index is 6.53. The van der Waals surface area contributed by atoms with Crippen molar-refractivity contribution in [3.05, 3.63) is 53.7 Å². The second-order valence-corrected chi connectivity index (χ2v) is 8.44. The van der Waals surface area contributed by atoms with Gasteiger partial charge in [0.1, 0.15) is 11.9 Å². The Balaban J connectivity index is 1.42. The second kappa shape index (κ2) is 8.05. The number of hydrogen-bond acceptors (Lipinski definition) is 4. The Labute approximate surface area is 172 Å². The van der Waals surface area contributed by atoms with Crippen LogP contribution in [0.1, 0.15) is 75.0 Å². The van der Waals surface area contributed by atoms with Crippen LogP contribution >= 0.6 is 0 Å². The molecule has 1 aromatic carbocycles. The molecule has 3 heterocycles. The van der Waals surface area contributed by atoms with Crippen molar-refractivity contribution in [2.45, 2.75) is 63.9 Å². The SMILES string of the molecule is CCC[C@H]1CC[C@@H](Oc2ccc3nnc(N4CCCCC4)n3c2)c2ccccc21. The van der Waals surface area contributed by atoms with Gasteiger partial charge in [0.25, 0.3) is 0 Å². The van der Waals surface area contributed by atoms with Crippen LogP contribution in [0, 0.1) is 0 Å². The summed E-state index contributed by atoms with van der Waals surface area (Å²) in [6, 6.07) is 12.9. The highest BCUT2D eigenvalue weighted by Gasteiger charge is 2.28. The number of rotatable bonds is 5. The largest absolute Gasteiger partial charge is 0.484 e. The van der Waals surface area contributed by atoms with Crippen molar-refractivity contribution in [1.82, 2.24) is 14.6 Å². The molecule has 2 aliphatic rings. The van der Waals surface area contributed by atoms with Gasteiger partial charge in [0.15, 0.2) is 5.65 Å². The minimum Gasteiger partial charge on any atom is -0.484 e. The molecule has 0 amide bonds. The summed E-state index contributed by atoms with van der Waals surface area (Å²) in [7, 11) is 0. The first kappa shape index (κ1) is 18.5. The highest BCUT2D eigenvalue weighted by molar-refractivity contribution is 5.49. The van der Waals surface area contributed by atoms with Crippen LogP contribution in [0.4, 0.5) is 5.95 Å². The third kappa shape index (κ3) is 3.59. The molecule has 0 unspecified atom stereocenters. The van der Waals surface area contributed by atoms with E-state index < -0.39 is 0 Å². The minimum atomic E-state index is 0.117. The Kier molecular flexibility index (Phi) is 5.13. The van der Waals surface area contributed by atoms with Crippen LogP contribution < -0.4 is 9.64 Å². The Bertz CT molecular complexity index is 976. The van der Waals surface area contributed by atoms with E-state index in [4.69, 9.17) is 4.74 Å². The topological polar surface area (TPSA) is 42.7 Å². The van der Waals surface area contributed by atoms with E-state index in [-0.39, 0.29) is 6.10 Å². The van der Waals surface area contributed by atoms with Crippen LogP contribution in [0.25, 0.3) is 5.65 Å². The van der Waals surface area contributed by atoms with Crippen LogP contribution in [0.3, 0.4) is 0 Å². The van der Waals surface area contributed by atoms with E-state index in [2.05, 4.69) is 56.9 Å². The van der Waals surface area contributed by atoms with Gasteiger partial charge >= 0.3 is 0 Å². The van der Waals surface area contributed by atoms with E-state index in [1.165, 1.54) is 49.7 Å². The Morgan fingerprint density at radius 2 is 1.79 bits per heavy atom. The average molecular weight is 391 g/mol. The van der Waals surface area contributed by atoms with E-state index in [0.29, 0.717) is 5.92 Å². The molecule has 5 heteroatoms. The molecule has 0 saturated carbocycles. The van der Waals surface area contributed by atoms with Crippen molar-refractivity contribution in [2.24, 2.45) is 0 Å². The summed E-state index contributed by atoms with van der Waals surface area (Å²) in [6.45, 7) is 4.39. The molecule has 29 heavy (non-hydrogen) atoms. The quantitative estimate of drug-likeness (QED) is 0.575. The van der Waals surface area contributed by atoms with Gasteiger partial charge in [0.2, 0.25) is 5.95 Å². The van der Waals surface area contributed by atoms with E-state index in [0.717, 1.165) is 36.9 Å². The lowest BCUT2D eigenvalue weighted by Crippen LogP contribution is -2.31. The molecule has 0 radical (unpaired) electrons. The van der Waals surface area contributed by atoms with Crippen LogP contribution in [-0.2, 0) is 0 Å². The predicted molar refractivity (Wildman–Crippen MR) is 116 cm³/mol. The number of pyridine rings is 1. The van der Waals surface area contributed by atoms with Crippen molar-refractivity contribution < 1.29 is 4.74 Å². The van der Waals surface area contributed by atoms with E-state index in [9.17, 15) is 0 Å². The summed E-state index contributed by atoms with van der Waals surface area (Å²) in [6.07, 6.45) is 10.7. The van der Waals surface area contributed by atoms with Crippen molar-refractivity contribution in [3.8, 4) is 5.75 Å². The van der Waals surface area contributed by atoms with Crippen LogP contribution in [0.5, 0.6) is 5.75 Å². The summed E-state index contributed by atoms with van der Waals surface area (Å²) in [4.78, 5) is 2.35. The summed E-state index contributed by atoms with van der Waals surface area (Å²) in [5.41, 5.74) is 3.72. The first-order chi connectivity index (χ1) is 14.3. The van der Waals surface area contributed by atoms with Crippen molar-refractivity contribution in [1.29, 1.82) is 0 Å². The fraction of sp³-hybridized carbons (Fsp3) is 0.500. The number of fused-ring (bicyclic) bond motifs is 2. The van der Waals surface area contributed by atoms with E-state index in [1.807, 2.05) is 12.1 Å². The summed E-state index contributed by atoms with van der Waals surface area (Å²) >= 11 is 0. The standard InChI is InChI=1S/C24H30N4O/c1-2-8-18-11-13-22(21-10-5-4-9-20(18)21)29-19-12-14-23-25-26-24(28(23)17-19)27-15-6-3-7-16-27/h4-5,9-10,12,14,17-18,22H,2-3,6-8,11,13,15-16H2,1H3/t18-,22+/m0/s1. The van der Waals surface area contributed by atoms with Gasteiger partial charge in [-0.25, -0.2) is 0 Å². The monoisotopic (exact) mass is 390 g/mol. The van der Waals surface area contributed by atoms with Crippen molar-refractivity contribution in [3.63, 3.8) is 0 Å². The fourth-order valence-corrected chi connectivity index (χ4v) is 5.01. The Morgan fingerprint density at radius 1 is 0.966 bits per heavy atom. The number of anilines is 1. The van der Waals surface area contributed by atoms with Crippen LogP contribution in [-0.4, -0.2) is 27.7 Å². The molecule has 1 fully saturated rings. The van der Waals surface area contributed by atoms with Crippen LogP contribution in [0.2, 0.25) is 0 Å². The smallest absolute Gasteiger partial charge is 0.231 e. The predicted octanol–water partition coefficient (Wildman–Crippen LogP) is 5.52. The molecule has 2 atom stereocenters. The zero-order valence-corrected chi connectivity index (χ0v) is 17.3. The fourth-order valence-electron chi connectivity index (χ4n) is 5.01. The maximum Gasteiger partial charge on any atom is 0.231 e. The molecule has 1 saturated heterocycles.